The van der Waals surface area contributed by atoms with Crippen LogP contribution in [0, 0.1) is 5.82 Å². The van der Waals surface area contributed by atoms with Gasteiger partial charge in [0.05, 0.1) is 12.9 Å². The van der Waals surface area contributed by atoms with Crippen LogP contribution in [0.15, 0.2) is 42.5 Å². The molecule has 0 spiro atoms. The van der Waals surface area contributed by atoms with Gasteiger partial charge in [-0.25, -0.2) is 12.8 Å². The van der Waals surface area contributed by atoms with Crippen LogP contribution in [0.25, 0.3) is 0 Å². The standard InChI is InChI=1S/C18H18ClFN2O4S/c1-26-15-6-4-14(5-7-15)21-17(23)18(8-9-18)22-27(24,25)11-12-2-3-13(19)10-16(12)20/h2-7,10,22H,8-9,11H2,1H3,(H,21,23). The Hall–Kier alpha value is -2.16. The molecule has 0 saturated heterocycles. The molecule has 0 aromatic heterocycles. The molecule has 6 nitrogen and oxygen atoms in total. The van der Waals surface area contributed by atoms with Gasteiger partial charge in [0.1, 0.15) is 17.1 Å². The highest BCUT2D eigenvalue weighted by atomic mass is 35.5. The first-order valence-electron chi connectivity index (χ1n) is 8.14. The lowest BCUT2D eigenvalue weighted by atomic mass is 10.2. The number of carbonyl (C=O) groups is 1. The van der Waals surface area contributed by atoms with Crippen molar-refractivity contribution in [2.24, 2.45) is 0 Å². The minimum absolute atomic E-state index is 0.0155. The molecule has 1 aliphatic rings. The summed E-state index contributed by atoms with van der Waals surface area (Å²) in [6.07, 6.45) is 0.745. The Kier molecular flexibility index (Phi) is 5.41. The van der Waals surface area contributed by atoms with Crippen LogP contribution < -0.4 is 14.8 Å². The van der Waals surface area contributed by atoms with Gasteiger partial charge in [0.2, 0.25) is 15.9 Å². The van der Waals surface area contributed by atoms with E-state index in [1.807, 2.05) is 0 Å². The Morgan fingerprint density at radius 2 is 1.89 bits per heavy atom. The molecular weight excluding hydrogens is 395 g/mol. The molecule has 0 radical (unpaired) electrons. The van der Waals surface area contributed by atoms with E-state index in [-0.39, 0.29) is 10.6 Å². The number of nitrogens with one attached hydrogen (secondary N) is 2. The second-order valence-corrected chi connectivity index (χ2v) is 8.52. The Morgan fingerprint density at radius 1 is 1.22 bits per heavy atom. The molecule has 2 aromatic carbocycles. The largest absolute Gasteiger partial charge is 0.497 e. The molecule has 144 valence electrons. The first-order valence-corrected chi connectivity index (χ1v) is 10.2. The van der Waals surface area contributed by atoms with Gasteiger partial charge in [0.15, 0.2) is 0 Å². The summed E-state index contributed by atoms with van der Waals surface area (Å²) in [5.41, 5.74) is -0.699. The predicted octanol–water partition coefficient (Wildman–Crippen LogP) is 3.08. The molecule has 0 aliphatic heterocycles. The van der Waals surface area contributed by atoms with Gasteiger partial charge < -0.3 is 10.1 Å². The quantitative estimate of drug-likeness (QED) is 0.732. The fourth-order valence-electron chi connectivity index (χ4n) is 2.60. The molecule has 2 aromatic rings. The Bertz CT molecular complexity index is 960. The van der Waals surface area contributed by atoms with E-state index >= 15 is 0 Å². The van der Waals surface area contributed by atoms with Crippen molar-refractivity contribution in [3.05, 3.63) is 58.9 Å². The molecule has 1 saturated carbocycles. The maximum Gasteiger partial charge on any atom is 0.245 e. The SMILES string of the molecule is COc1ccc(NC(=O)C2(NS(=O)(=O)Cc3ccc(Cl)cc3F)CC2)cc1. The van der Waals surface area contributed by atoms with Gasteiger partial charge in [0, 0.05) is 16.3 Å². The summed E-state index contributed by atoms with van der Waals surface area (Å²) in [5.74, 6) is -1.10. The van der Waals surface area contributed by atoms with Crippen molar-refractivity contribution < 1.29 is 22.3 Å². The van der Waals surface area contributed by atoms with E-state index in [2.05, 4.69) is 10.0 Å². The minimum Gasteiger partial charge on any atom is -0.497 e. The van der Waals surface area contributed by atoms with E-state index in [9.17, 15) is 17.6 Å². The van der Waals surface area contributed by atoms with E-state index in [0.717, 1.165) is 6.07 Å². The summed E-state index contributed by atoms with van der Waals surface area (Å²) in [5, 5.41) is 2.87. The summed E-state index contributed by atoms with van der Waals surface area (Å²) in [4.78, 5) is 12.5. The lowest BCUT2D eigenvalue weighted by molar-refractivity contribution is -0.118. The highest BCUT2D eigenvalue weighted by Crippen LogP contribution is 2.38. The zero-order chi connectivity index (χ0) is 19.7. The van der Waals surface area contributed by atoms with Gasteiger partial charge in [-0.3, -0.25) is 4.79 Å². The molecule has 1 aliphatic carbocycles. The number of halogens is 2. The van der Waals surface area contributed by atoms with E-state index in [1.54, 1.807) is 24.3 Å². The van der Waals surface area contributed by atoms with Crippen LogP contribution in [0.1, 0.15) is 18.4 Å². The van der Waals surface area contributed by atoms with E-state index in [1.165, 1.54) is 19.2 Å². The smallest absolute Gasteiger partial charge is 0.245 e. The number of ether oxygens (including phenoxy) is 1. The van der Waals surface area contributed by atoms with Crippen LogP contribution in [0.5, 0.6) is 5.75 Å². The zero-order valence-electron chi connectivity index (χ0n) is 14.5. The van der Waals surface area contributed by atoms with E-state index in [0.29, 0.717) is 24.3 Å². The van der Waals surface area contributed by atoms with Crippen LogP contribution in [-0.2, 0) is 20.6 Å². The maximum atomic E-state index is 13.9. The fraction of sp³-hybridized carbons (Fsp3) is 0.278. The number of sulfonamides is 1. The zero-order valence-corrected chi connectivity index (χ0v) is 16.0. The average molecular weight is 413 g/mol. The van der Waals surface area contributed by atoms with Gasteiger partial charge in [-0.15, -0.1) is 0 Å². The van der Waals surface area contributed by atoms with Crippen molar-refractivity contribution in [3.63, 3.8) is 0 Å². The van der Waals surface area contributed by atoms with Crippen molar-refractivity contribution in [3.8, 4) is 5.75 Å². The Balaban J connectivity index is 1.68. The number of amides is 1. The van der Waals surface area contributed by atoms with Crippen molar-refractivity contribution >= 4 is 33.2 Å². The van der Waals surface area contributed by atoms with Crippen molar-refractivity contribution in [2.45, 2.75) is 24.1 Å². The highest BCUT2D eigenvalue weighted by molar-refractivity contribution is 7.88. The summed E-state index contributed by atoms with van der Waals surface area (Å²) >= 11 is 5.68. The lowest BCUT2D eigenvalue weighted by Crippen LogP contribution is -2.46. The van der Waals surface area contributed by atoms with Gasteiger partial charge in [-0.1, -0.05) is 17.7 Å². The molecular formula is C18H18ClFN2O4S. The summed E-state index contributed by atoms with van der Waals surface area (Å²) < 4.78 is 46.2. The second-order valence-electron chi connectivity index (χ2n) is 6.36. The molecule has 0 atom stereocenters. The first kappa shape index (κ1) is 19.6. The molecule has 27 heavy (non-hydrogen) atoms. The highest BCUT2D eigenvalue weighted by Gasteiger charge is 2.52. The van der Waals surface area contributed by atoms with Crippen LogP contribution in [0.3, 0.4) is 0 Å². The predicted molar refractivity (Wildman–Crippen MR) is 101 cm³/mol. The van der Waals surface area contributed by atoms with Crippen LogP contribution >= 0.6 is 11.6 Å². The van der Waals surface area contributed by atoms with Gasteiger partial charge in [0.25, 0.3) is 0 Å². The first-order chi connectivity index (χ1) is 12.7. The number of rotatable bonds is 7. The normalized spacial score (nSPS) is 15.2. The maximum absolute atomic E-state index is 13.9. The van der Waals surface area contributed by atoms with E-state index < -0.39 is 33.0 Å². The molecule has 2 N–H and O–H groups in total. The van der Waals surface area contributed by atoms with Gasteiger partial charge in [-0.05, 0) is 49.2 Å². The van der Waals surface area contributed by atoms with Crippen molar-refractivity contribution in [1.82, 2.24) is 4.72 Å². The number of hydrogen-bond donors (Lipinski definition) is 2. The molecule has 0 bridgehead atoms. The number of benzene rings is 2. The number of carbonyl (C=O) groups excluding carboxylic acids is 1. The van der Waals surface area contributed by atoms with Crippen LogP contribution in [0.2, 0.25) is 5.02 Å². The van der Waals surface area contributed by atoms with Gasteiger partial charge >= 0.3 is 0 Å². The molecule has 0 unspecified atom stereocenters. The average Bonchev–Trinajstić information content (AvgIpc) is 3.38. The topological polar surface area (TPSA) is 84.5 Å². The molecule has 1 amide bonds. The van der Waals surface area contributed by atoms with Crippen LogP contribution in [-0.4, -0.2) is 27.0 Å². The Labute approximate surface area is 161 Å². The number of hydrogen-bond acceptors (Lipinski definition) is 4. The summed E-state index contributed by atoms with van der Waals surface area (Å²) in [6, 6.07) is 10.5. The minimum atomic E-state index is -3.93. The third-order valence-corrected chi connectivity index (χ3v) is 5.87. The lowest BCUT2D eigenvalue weighted by Gasteiger charge is -2.17. The Morgan fingerprint density at radius 3 is 2.44 bits per heavy atom. The second kappa shape index (κ2) is 7.46. The molecule has 9 heteroatoms. The number of methoxy groups -OCH3 is 1. The third kappa shape index (κ3) is 4.77. The van der Waals surface area contributed by atoms with E-state index in [4.69, 9.17) is 16.3 Å². The van der Waals surface area contributed by atoms with Crippen LogP contribution in [0.4, 0.5) is 10.1 Å². The van der Waals surface area contributed by atoms with Crippen molar-refractivity contribution in [2.75, 3.05) is 12.4 Å². The number of anilines is 1. The molecule has 1 fully saturated rings. The molecule has 3 rings (SSSR count). The van der Waals surface area contributed by atoms with Gasteiger partial charge in [-0.2, -0.15) is 4.72 Å². The molecule has 0 heterocycles. The monoisotopic (exact) mass is 412 g/mol. The fourth-order valence-corrected chi connectivity index (χ4v) is 4.37. The summed E-state index contributed by atoms with van der Waals surface area (Å²) in [6.45, 7) is 0. The summed E-state index contributed by atoms with van der Waals surface area (Å²) in [7, 11) is -2.39. The third-order valence-electron chi connectivity index (χ3n) is 4.24. The van der Waals surface area contributed by atoms with Crippen molar-refractivity contribution in [1.29, 1.82) is 0 Å².